The number of halogens is 1. The molecular weight excluding hydrogens is 158 g/mol. The van der Waals surface area contributed by atoms with Gasteiger partial charge in [-0.25, -0.2) is 0 Å². The minimum absolute atomic E-state index is 0.270. The fourth-order valence-corrected chi connectivity index (χ4v) is 0.840. The molecule has 4 heteroatoms. The minimum atomic E-state index is -0.539. The molecule has 0 bridgehead atoms. The zero-order valence-electron chi connectivity index (χ0n) is 4.93. The van der Waals surface area contributed by atoms with Crippen LogP contribution in [0.1, 0.15) is 0 Å². The van der Waals surface area contributed by atoms with Crippen molar-refractivity contribution in [2.45, 2.75) is 0 Å². The Morgan fingerprint density at radius 1 is 1.89 bits per heavy atom. The molecule has 0 fully saturated rings. The van der Waals surface area contributed by atoms with E-state index in [0.29, 0.717) is 0 Å². The maximum absolute atomic E-state index is 10.3. The van der Waals surface area contributed by atoms with E-state index in [2.05, 4.69) is 11.6 Å². The van der Waals surface area contributed by atoms with Gasteiger partial charge in [0.15, 0.2) is 5.04 Å². The molecule has 0 aliphatic heterocycles. The molecule has 0 spiro atoms. The second-order valence-corrected chi connectivity index (χ2v) is 2.39. The number of hydrogen-bond acceptors (Lipinski definition) is 3. The molecular formula is C5H6ClNOS. The number of rotatable bonds is 2. The molecule has 0 aliphatic rings. The van der Waals surface area contributed by atoms with E-state index in [1.807, 2.05) is 0 Å². The van der Waals surface area contributed by atoms with Crippen LogP contribution >= 0.6 is 23.4 Å². The summed E-state index contributed by atoms with van der Waals surface area (Å²) in [5.41, 5.74) is 0. The van der Waals surface area contributed by atoms with Gasteiger partial charge in [0.2, 0.25) is 0 Å². The topological polar surface area (TPSA) is 29.4 Å². The van der Waals surface area contributed by atoms with Crippen LogP contribution in [0.2, 0.25) is 0 Å². The average molecular weight is 164 g/mol. The second-order valence-electron chi connectivity index (χ2n) is 1.09. The summed E-state index contributed by atoms with van der Waals surface area (Å²) >= 11 is 6.20. The molecule has 2 nitrogen and oxygen atoms in total. The second kappa shape index (κ2) is 4.58. The average Bonchev–Trinajstić information content (AvgIpc) is 1.82. The Hall–Kier alpha value is -0.280. The van der Waals surface area contributed by atoms with E-state index in [9.17, 15) is 4.79 Å². The largest absolute Gasteiger partial charge is 0.277 e. The van der Waals surface area contributed by atoms with Crippen molar-refractivity contribution in [3.63, 3.8) is 0 Å². The summed E-state index contributed by atoms with van der Waals surface area (Å²) in [6, 6.07) is 0. The van der Waals surface area contributed by atoms with E-state index in [-0.39, 0.29) is 5.04 Å². The van der Waals surface area contributed by atoms with Crippen molar-refractivity contribution in [2.75, 3.05) is 7.05 Å². The minimum Gasteiger partial charge on any atom is -0.277 e. The molecule has 0 amide bonds. The van der Waals surface area contributed by atoms with Gasteiger partial charge in [-0.2, -0.15) is 0 Å². The zero-order valence-corrected chi connectivity index (χ0v) is 6.50. The van der Waals surface area contributed by atoms with Crippen LogP contribution in [-0.2, 0) is 4.79 Å². The highest BCUT2D eigenvalue weighted by molar-refractivity contribution is 8.18. The maximum atomic E-state index is 10.3. The predicted octanol–water partition coefficient (Wildman–Crippen LogP) is 1.66. The van der Waals surface area contributed by atoms with E-state index >= 15 is 0 Å². The van der Waals surface area contributed by atoms with Crippen LogP contribution in [0, 0.1) is 0 Å². The molecule has 0 aromatic carbocycles. The Balaban J connectivity index is 4.00. The van der Waals surface area contributed by atoms with Gasteiger partial charge >= 0.3 is 0 Å². The van der Waals surface area contributed by atoms with Crippen molar-refractivity contribution < 1.29 is 4.79 Å². The first kappa shape index (κ1) is 8.72. The highest BCUT2D eigenvalue weighted by atomic mass is 35.5. The fourth-order valence-electron chi connectivity index (χ4n) is 0.266. The van der Waals surface area contributed by atoms with Crippen LogP contribution in [0.5, 0.6) is 0 Å². The molecule has 0 unspecified atom stereocenters. The van der Waals surface area contributed by atoms with E-state index in [4.69, 9.17) is 11.6 Å². The van der Waals surface area contributed by atoms with Gasteiger partial charge in [0.25, 0.3) is 5.24 Å². The van der Waals surface area contributed by atoms with Gasteiger partial charge in [-0.1, -0.05) is 18.3 Å². The van der Waals surface area contributed by atoms with Gasteiger partial charge in [-0.15, -0.1) is 0 Å². The van der Waals surface area contributed by atoms with Crippen LogP contribution in [0.3, 0.4) is 0 Å². The van der Waals surface area contributed by atoms with Gasteiger partial charge in [0.05, 0.1) is 0 Å². The van der Waals surface area contributed by atoms with Crippen molar-refractivity contribution in [3.05, 3.63) is 12.0 Å². The molecule has 0 aliphatic carbocycles. The lowest BCUT2D eigenvalue weighted by molar-refractivity contribution is -0.106. The summed E-state index contributed by atoms with van der Waals surface area (Å²) in [7, 11) is 1.51. The Kier molecular flexibility index (Phi) is 4.44. The van der Waals surface area contributed by atoms with Crippen LogP contribution in [-0.4, -0.2) is 17.3 Å². The van der Waals surface area contributed by atoms with Gasteiger partial charge in [0.1, 0.15) is 0 Å². The monoisotopic (exact) mass is 163 g/mol. The molecule has 0 saturated carbocycles. The third-order valence-corrected chi connectivity index (χ3v) is 1.62. The number of nitrogens with zero attached hydrogens (tertiary/aromatic N) is 1. The molecule has 9 heavy (non-hydrogen) atoms. The maximum Gasteiger partial charge on any atom is 0.277 e. The zero-order chi connectivity index (χ0) is 7.28. The van der Waals surface area contributed by atoms with Crippen LogP contribution in [0.15, 0.2) is 17.0 Å². The van der Waals surface area contributed by atoms with E-state index in [1.54, 1.807) is 0 Å². The number of thioether (sulfide) groups is 1. The number of carbonyl (C=O) groups is 1. The Morgan fingerprint density at radius 2 is 2.44 bits per heavy atom. The van der Waals surface area contributed by atoms with Gasteiger partial charge in [0, 0.05) is 7.05 Å². The summed E-state index contributed by atoms with van der Waals surface area (Å²) in [5, 5.41) is 1.23. The number of hydrogen-bond donors (Lipinski definition) is 0. The summed E-state index contributed by atoms with van der Waals surface area (Å²) in [5.74, 6) is 0. The lowest BCUT2D eigenvalue weighted by Crippen LogP contribution is -1.99. The molecule has 0 radical (unpaired) electrons. The van der Waals surface area contributed by atoms with Crippen molar-refractivity contribution in [2.24, 2.45) is 4.99 Å². The Labute approximate surface area is 63.0 Å². The summed E-state index contributed by atoms with van der Waals surface area (Å²) in [6.45, 7) is 3.40. The molecule has 50 valence electrons. The van der Waals surface area contributed by atoms with Crippen molar-refractivity contribution in [1.29, 1.82) is 0 Å². The van der Waals surface area contributed by atoms with Crippen molar-refractivity contribution in [3.8, 4) is 0 Å². The molecule has 0 heterocycles. The molecule has 0 aromatic heterocycles. The normalized spacial score (nSPS) is 11.1. The molecule has 0 atom stereocenters. The van der Waals surface area contributed by atoms with Gasteiger partial charge < -0.3 is 0 Å². The van der Waals surface area contributed by atoms with E-state index < -0.39 is 5.24 Å². The number of aliphatic imine (C=N–C) groups is 1. The first-order valence-corrected chi connectivity index (χ1v) is 3.42. The first-order chi connectivity index (χ1) is 4.22. The first-order valence-electron chi connectivity index (χ1n) is 2.16. The van der Waals surface area contributed by atoms with Crippen LogP contribution in [0.25, 0.3) is 0 Å². The van der Waals surface area contributed by atoms with Gasteiger partial charge in [-0.3, -0.25) is 9.79 Å². The lowest BCUT2D eigenvalue weighted by Gasteiger charge is -1.89. The fraction of sp³-hybridized carbons (Fsp3) is 0.200. The molecule has 0 N–H and O–H groups in total. The summed E-state index contributed by atoms with van der Waals surface area (Å²) in [6.07, 6.45) is 0. The predicted molar refractivity (Wildman–Crippen MR) is 42.0 cm³/mol. The SMILES string of the molecule is C=CS/C(=N/C)C(=O)Cl. The Morgan fingerprint density at radius 3 is 2.56 bits per heavy atom. The standard InChI is InChI=1S/C5H6ClNOS/c1-3-9-5(7-2)4(6)8/h3H,1H2,2H3/b7-5+. The molecule has 0 rings (SSSR count). The quantitative estimate of drug-likeness (QED) is 0.352. The van der Waals surface area contributed by atoms with Gasteiger partial charge in [-0.05, 0) is 17.0 Å². The Bertz CT molecular complexity index is 155. The number of carbonyl (C=O) groups excluding carboxylic acids is 1. The smallest absolute Gasteiger partial charge is 0.277 e. The van der Waals surface area contributed by atoms with Crippen LogP contribution < -0.4 is 0 Å². The van der Waals surface area contributed by atoms with E-state index in [0.717, 1.165) is 11.8 Å². The summed E-state index contributed by atoms with van der Waals surface area (Å²) in [4.78, 5) is 13.9. The highest BCUT2D eigenvalue weighted by Crippen LogP contribution is 2.06. The third-order valence-electron chi connectivity index (χ3n) is 0.566. The molecule has 0 saturated heterocycles. The lowest BCUT2D eigenvalue weighted by atomic mass is 10.8. The van der Waals surface area contributed by atoms with E-state index in [1.165, 1.54) is 12.5 Å². The van der Waals surface area contributed by atoms with Crippen molar-refractivity contribution >= 4 is 33.6 Å². The van der Waals surface area contributed by atoms with Crippen molar-refractivity contribution in [1.82, 2.24) is 0 Å². The molecule has 0 aromatic rings. The third kappa shape index (κ3) is 3.32. The highest BCUT2D eigenvalue weighted by Gasteiger charge is 2.03. The summed E-state index contributed by atoms with van der Waals surface area (Å²) < 4.78 is 0. The van der Waals surface area contributed by atoms with Crippen LogP contribution in [0.4, 0.5) is 0 Å².